The van der Waals surface area contributed by atoms with Crippen LogP contribution < -0.4 is 15.5 Å². The summed E-state index contributed by atoms with van der Waals surface area (Å²) in [4.78, 5) is 24.5. The highest BCUT2D eigenvalue weighted by Crippen LogP contribution is 2.31. The number of nitrogens with zero attached hydrogens (tertiary/aromatic N) is 2. The smallest absolute Gasteiger partial charge is 0.292 e. The number of likely N-dealkylation sites (N-methyl/N-ethyl adjacent to an activating group) is 1. The fourth-order valence-electron chi connectivity index (χ4n) is 2.41. The van der Waals surface area contributed by atoms with E-state index >= 15 is 0 Å². The molecule has 0 aliphatic carbocycles. The van der Waals surface area contributed by atoms with Gasteiger partial charge in [0.15, 0.2) is 0 Å². The molecular formula is C13H18N4O3. The van der Waals surface area contributed by atoms with Gasteiger partial charge in [0, 0.05) is 32.7 Å². The number of anilines is 1. The topological polar surface area (TPSA) is 87.5 Å². The number of hydrogen-bond acceptors (Lipinski definition) is 5. The second kappa shape index (κ2) is 5.87. The summed E-state index contributed by atoms with van der Waals surface area (Å²) in [6.07, 6.45) is 0. The van der Waals surface area contributed by atoms with Gasteiger partial charge in [-0.05, 0) is 18.6 Å². The normalized spacial score (nSPS) is 18.7. The lowest BCUT2D eigenvalue weighted by atomic mass is 10.1. The molecule has 0 spiro atoms. The Hall–Kier alpha value is -2.15. The van der Waals surface area contributed by atoms with Crippen LogP contribution in [0.1, 0.15) is 5.56 Å². The molecule has 1 unspecified atom stereocenters. The van der Waals surface area contributed by atoms with Gasteiger partial charge in [-0.2, -0.15) is 0 Å². The number of nitrogens with one attached hydrogen (secondary N) is 2. The summed E-state index contributed by atoms with van der Waals surface area (Å²) in [7, 11) is 1.57. The second-order valence-electron chi connectivity index (χ2n) is 4.78. The van der Waals surface area contributed by atoms with Crippen LogP contribution in [0.2, 0.25) is 0 Å². The highest BCUT2D eigenvalue weighted by Gasteiger charge is 2.32. The summed E-state index contributed by atoms with van der Waals surface area (Å²) < 4.78 is 0. The van der Waals surface area contributed by atoms with Crippen molar-refractivity contribution in [3.8, 4) is 0 Å². The van der Waals surface area contributed by atoms with E-state index in [4.69, 9.17) is 0 Å². The summed E-state index contributed by atoms with van der Waals surface area (Å²) in [5.41, 5.74) is 1.47. The van der Waals surface area contributed by atoms with Crippen LogP contribution in [-0.4, -0.2) is 43.6 Å². The number of carbonyl (C=O) groups is 1. The molecule has 2 rings (SSSR count). The van der Waals surface area contributed by atoms with Gasteiger partial charge in [-0.1, -0.05) is 6.07 Å². The van der Waals surface area contributed by atoms with E-state index in [2.05, 4.69) is 10.6 Å². The third-order valence-corrected chi connectivity index (χ3v) is 3.43. The Balaban J connectivity index is 2.44. The highest BCUT2D eigenvalue weighted by atomic mass is 16.6. The lowest BCUT2D eigenvalue weighted by Gasteiger charge is -2.36. The summed E-state index contributed by atoms with van der Waals surface area (Å²) in [6, 6.07) is 4.53. The number of nitro groups is 1. The molecule has 1 heterocycles. The second-order valence-corrected chi connectivity index (χ2v) is 4.78. The van der Waals surface area contributed by atoms with Crippen molar-refractivity contribution in [3.05, 3.63) is 33.9 Å². The van der Waals surface area contributed by atoms with E-state index in [1.807, 2.05) is 6.92 Å². The van der Waals surface area contributed by atoms with E-state index in [9.17, 15) is 14.9 Å². The molecule has 0 bridgehead atoms. The van der Waals surface area contributed by atoms with Gasteiger partial charge in [-0.25, -0.2) is 0 Å². The fraction of sp³-hybridized carbons (Fsp3) is 0.462. The van der Waals surface area contributed by atoms with Crippen molar-refractivity contribution in [2.45, 2.75) is 13.0 Å². The van der Waals surface area contributed by atoms with Gasteiger partial charge in [-0.3, -0.25) is 14.9 Å². The molecule has 0 saturated carbocycles. The molecule has 7 nitrogen and oxygen atoms in total. The molecule has 1 aliphatic rings. The maximum Gasteiger partial charge on any atom is 0.292 e. The number of amides is 1. The maximum absolute atomic E-state index is 12.0. The molecule has 2 N–H and O–H groups in total. The van der Waals surface area contributed by atoms with Crippen LogP contribution in [0, 0.1) is 17.0 Å². The SMILES string of the molecule is CNC(=O)C1CNCCN1c1cc(C)ccc1[N+](=O)[O-]. The number of nitro benzene ring substituents is 1. The van der Waals surface area contributed by atoms with Crippen molar-refractivity contribution in [1.82, 2.24) is 10.6 Å². The number of piperazine rings is 1. The van der Waals surface area contributed by atoms with Crippen LogP contribution >= 0.6 is 0 Å². The minimum atomic E-state index is -0.436. The molecule has 0 aromatic heterocycles. The first-order valence-corrected chi connectivity index (χ1v) is 6.48. The first kappa shape index (κ1) is 14.3. The summed E-state index contributed by atoms with van der Waals surface area (Å²) in [5.74, 6) is -0.145. The lowest BCUT2D eigenvalue weighted by Crippen LogP contribution is -2.57. The number of aryl methyl sites for hydroxylation is 1. The third-order valence-electron chi connectivity index (χ3n) is 3.43. The van der Waals surface area contributed by atoms with Crippen LogP contribution in [0.25, 0.3) is 0 Å². The zero-order valence-corrected chi connectivity index (χ0v) is 11.5. The van der Waals surface area contributed by atoms with E-state index in [0.29, 0.717) is 25.3 Å². The van der Waals surface area contributed by atoms with Gasteiger partial charge >= 0.3 is 0 Å². The van der Waals surface area contributed by atoms with Crippen LogP contribution in [0.3, 0.4) is 0 Å². The van der Waals surface area contributed by atoms with E-state index in [0.717, 1.165) is 5.56 Å². The average molecular weight is 278 g/mol. The molecule has 1 fully saturated rings. The molecule has 0 radical (unpaired) electrons. The van der Waals surface area contributed by atoms with E-state index in [1.165, 1.54) is 6.07 Å². The Morgan fingerprint density at radius 1 is 1.55 bits per heavy atom. The lowest BCUT2D eigenvalue weighted by molar-refractivity contribution is -0.384. The van der Waals surface area contributed by atoms with Crippen LogP contribution in [0.4, 0.5) is 11.4 Å². The van der Waals surface area contributed by atoms with Gasteiger partial charge in [-0.15, -0.1) is 0 Å². The van der Waals surface area contributed by atoms with Gasteiger partial charge in [0.2, 0.25) is 5.91 Å². The Bertz CT molecular complexity index is 532. The van der Waals surface area contributed by atoms with Crippen molar-refractivity contribution in [3.63, 3.8) is 0 Å². The Morgan fingerprint density at radius 3 is 2.95 bits per heavy atom. The van der Waals surface area contributed by atoms with Crippen LogP contribution in [0.15, 0.2) is 18.2 Å². The molecular weight excluding hydrogens is 260 g/mol. The van der Waals surface area contributed by atoms with Gasteiger partial charge < -0.3 is 15.5 Å². The zero-order valence-electron chi connectivity index (χ0n) is 11.5. The van der Waals surface area contributed by atoms with E-state index in [-0.39, 0.29) is 11.6 Å². The van der Waals surface area contributed by atoms with Crippen molar-refractivity contribution < 1.29 is 9.72 Å². The Kier molecular flexibility index (Phi) is 4.19. The average Bonchev–Trinajstić information content (AvgIpc) is 2.46. The van der Waals surface area contributed by atoms with Crippen molar-refractivity contribution >= 4 is 17.3 Å². The molecule has 1 atom stereocenters. The van der Waals surface area contributed by atoms with Gasteiger partial charge in [0.25, 0.3) is 5.69 Å². The predicted molar refractivity (Wildman–Crippen MR) is 75.9 cm³/mol. The predicted octanol–water partition coefficient (Wildman–Crippen LogP) is 0.427. The molecule has 108 valence electrons. The van der Waals surface area contributed by atoms with Crippen LogP contribution in [-0.2, 0) is 4.79 Å². The minimum absolute atomic E-state index is 0.0337. The first-order chi connectivity index (χ1) is 9.54. The Labute approximate surface area is 117 Å². The molecule has 1 saturated heterocycles. The van der Waals surface area contributed by atoms with Crippen LogP contribution in [0.5, 0.6) is 0 Å². The minimum Gasteiger partial charge on any atom is -0.357 e. The molecule has 1 aromatic carbocycles. The monoisotopic (exact) mass is 278 g/mol. The maximum atomic E-state index is 12.0. The van der Waals surface area contributed by atoms with E-state index < -0.39 is 11.0 Å². The van der Waals surface area contributed by atoms with Gasteiger partial charge in [0.1, 0.15) is 11.7 Å². The van der Waals surface area contributed by atoms with Crippen molar-refractivity contribution in [1.29, 1.82) is 0 Å². The molecule has 1 aliphatic heterocycles. The third kappa shape index (κ3) is 2.72. The molecule has 1 aromatic rings. The van der Waals surface area contributed by atoms with Crippen molar-refractivity contribution in [2.24, 2.45) is 0 Å². The highest BCUT2D eigenvalue weighted by molar-refractivity contribution is 5.86. The summed E-state index contributed by atoms with van der Waals surface area (Å²) in [5, 5.41) is 16.9. The molecule has 7 heteroatoms. The number of carbonyl (C=O) groups excluding carboxylic acids is 1. The number of hydrogen-bond donors (Lipinski definition) is 2. The molecule has 20 heavy (non-hydrogen) atoms. The Morgan fingerprint density at radius 2 is 2.30 bits per heavy atom. The van der Waals surface area contributed by atoms with E-state index in [1.54, 1.807) is 24.1 Å². The summed E-state index contributed by atoms with van der Waals surface area (Å²) >= 11 is 0. The zero-order chi connectivity index (χ0) is 14.7. The standard InChI is InChI=1S/C13H18N4O3/c1-9-3-4-10(17(19)20)11(7-9)16-6-5-15-8-12(16)13(18)14-2/h3-4,7,12,15H,5-6,8H2,1-2H3,(H,14,18). The quantitative estimate of drug-likeness (QED) is 0.618. The van der Waals surface area contributed by atoms with Crippen molar-refractivity contribution in [2.75, 3.05) is 31.6 Å². The largest absolute Gasteiger partial charge is 0.357 e. The number of rotatable bonds is 3. The summed E-state index contributed by atoms with van der Waals surface area (Å²) in [6.45, 7) is 3.61. The number of benzene rings is 1. The fourth-order valence-corrected chi connectivity index (χ4v) is 2.41. The first-order valence-electron chi connectivity index (χ1n) is 6.48. The molecule has 1 amide bonds. The van der Waals surface area contributed by atoms with Gasteiger partial charge in [0.05, 0.1) is 4.92 Å².